The molecule has 1 aliphatic carbocycles. The zero-order chi connectivity index (χ0) is 13.3. The number of nitrogens with zero attached hydrogens (tertiary/aromatic N) is 3. The molecule has 0 saturated heterocycles. The minimum Gasteiger partial charge on any atom is -0.338 e. The molecule has 0 aliphatic heterocycles. The highest BCUT2D eigenvalue weighted by Gasteiger charge is 2.48. The third-order valence-corrected chi connectivity index (χ3v) is 3.97. The van der Waals surface area contributed by atoms with Gasteiger partial charge in [-0.2, -0.15) is 0 Å². The molecule has 0 unspecified atom stereocenters. The van der Waals surface area contributed by atoms with Gasteiger partial charge in [0.15, 0.2) is 0 Å². The number of imidazole rings is 1. The van der Waals surface area contributed by atoms with Crippen molar-refractivity contribution < 1.29 is 4.79 Å². The highest BCUT2D eigenvalue weighted by molar-refractivity contribution is 5.83. The second-order valence-electron chi connectivity index (χ2n) is 5.61. The van der Waals surface area contributed by atoms with Crippen molar-refractivity contribution in [1.82, 2.24) is 14.5 Å². The first-order valence-corrected chi connectivity index (χ1v) is 6.40. The molecule has 1 aromatic rings. The summed E-state index contributed by atoms with van der Waals surface area (Å²) in [5.74, 6) is 1.66. The molecule has 1 aliphatic rings. The van der Waals surface area contributed by atoms with E-state index >= 15 is 0 Å². The SMILES string of the molecule is CC1CC(CN)(C(=O)N(C)Cc2nccn2C)C1. The van der Waals surface area contributed by atoms with Gasteiger partial charge >= 0.3 is 0 Å². The smallest absolute Gasteiger partial charge is 0.230 e. The maximum atomic E-state index is 12.5. The van der Waals surface area contributed by atoms with Crippen molar-refractivity contribution in [2.24, 2.45) is 24.1 Å². The zero-order valence-electron chi connectivity index (χ0n) is 11.4. The van der Waals surface area contributed by atoms with Crippen LogP contribution in [0.3, 0.4) is 0 Å². The fourth-order valence-corrected chi connectivity index (χ4v) is 2.94. The number of hydrogen-bond acceptors (Lipinski definition) is 3. The van der Waals surface area contributed by atoms with Crippen LogP contribution in [0.5, 0.6) is 0 Å². The number of carbonyl (C=O) groups is 1. The van der Waals surface area contributed by atoms with Crippen molar-refractivity contribution in [2.75, 3.05) is 13.6 Å². The average Bonchev–Trinajstić information content (AvgIpc) is 2.69. The number of nitrogens with two attached hydrogens (primary N) is 1. The maximum Gasteiger partial charge on any atom is 0.230 e. The van der Waals surface area contributed by atoms with E-state index in [0.717, 1.165) is 18.7 Å². The Hall–Kier alpha value is -1.36. The van der Waals surface area contributed by atoms with Crippen molar-refractivity contribution in [3.8, 4) is 0 Å². The first kappa shape index (κ1) is 13.1. The van der Waals surface area contributed by atoms with Gasteiger partial charge in [0.05, 0.1) is 12.0 Å². The highest BCUT2D eigenvalue weighted by Crippen LogP contribution is 2.45. The van der Waals surface area contributed by atoms with Gasteiger partial charge in [-0.15, -0.1) is 0 Å². The molecule has 0 atom stereocenters. The molecule has 1 saturated carbocycles. The van der Waals surface area contributed by atoms with Gasteiger partial charge in [0, 0.05) is 33.0 Å². The minimum atomic E-state index is -0.320. The first-order valence-electron chi connectivity index (χ1n) is 6.40. The lowest BCUT2D eigenvalue weighted by Crippen LogP contribution is -2.53. The topological polar surface area (TPSA) is 64.2 Å². The summed E-state index contributed by atoms with van der Waals surface area (Å²) >= 11 is 0. The van der Waals surface area contributed by atoms with Crippen LogP contribution in [-0.4, -0.2) is 34.0 Å². The van der Waals surface area contributed by atoms with Crippen LogP contribution in [0.15, 0.2) is 12.4 Å². The molecule has 5 nitrogen and oxygen atoms in total. The van der Waals surface area contributed by atoms with Crippen molar-refractivity contribution in [3.63, 3.8) is 0 Å². The lowest BCUT2D eigenvalue weighted by molar-refractivity contribution is -0.148. The Bertz CT molecular complexity index is 434. The summed E-state index contributed by atoms with van der Waals surface area (Å²) < 4.78 is 1.93. The van der Waals surface area contributed by atoms with Gasteiger partial charge in [-0.3, -0.25) is 4.79 Å². The predicted octanol–water partition coefficient (Wildman–Crippen LogP) is 0.753. The number of rotatable bonds is 4. The van der Waals surface area contributed by atoms with E-state index in [1.807, 2.05) is 24.9 Å². The zero-order valence-corrected chi connectivity index (χ0v) is 11.4. The minimum absolute atomic E-state index is 0.158. The fraction of sp³-hybridized carbons (Fsp3) is 0.692. The summed E-state index contributed by atoms with van der Waals surface area (Å²) in [7, 11) is 3.77. The number of hydrogen-bond donors (Lipinski definition) is 1. The standard InChI is InChI=1S/C13H22N4O/c1-10-6-13(7-10,9-14)12(18)17(3)8-11-15-4-5-16(11)2/h4-5,10H,6-9,14H2,1-3H3. The first-order chi connectivity index (χ1) is 8.48. The number of amides is 1. The van der Waals surface area contributed by atoms with Crippen molar-refractivity contribution in [3.05, 3.63) is 18.2 Å². The summed E-state index contributed by atoms with van der Waals surface area (Å²) in [6.07, 6.45) is 5.45. The Morgan fingerprint density at radius 3 is 2.78 bits per heavy atom. The normalized spacial score (nSPS) is 26.8. The van der Waals surface area contributed by atoms with E-state index in [0.29, 0.717) is 19.0 Å². The maximum absolute atomic E-state index is 12.5. The van der Waals surface area contributed by atoms with Gasteiger partial charge < -0.3 is 15.2 Å². The third kappa shape index (κ3) is 2.14. The van der Waals surface area contributed by atoms with E-state index in [1.165, 1.54) is 0 Å². The summed E-state index contributed by atoms with van der Waals surface area (Å²) in [4.78, 5) is 18.5. The lowest BCUT2D eigenvalue weighted by Gasteiger charge is -2.46. The molecule has 1 aromatic heterocycles. The van der Waals surface area contributed by atoms with Gasteiger partial charge in [-0.05, 0) is 18.8 Å². The van der Waals surface area contributed by atoms with Crippen LogP contribution in [0, 0.1) is 11.3 Å². The molecule has 1 heterocycles. The molecule has 18 heavy (non-hydrogen) atoms. The van der Waals surface area contributed by atoms with Crippen LogP contribution in [0.1, 0.15) is 25.6 Å². The van der Waals surface area contributed by atoms with Crippen LogP contribution >= 0.6 is 0 Å². The van der Waals surface area contributed by atoms with E-state index in [1.54, 1.807) is 11.1 Å². The van der Waals surface area contributed by atoms with Crippen molar-refractivity contribution in [1.29, 1.82) is 0 Å². The second-order valence-corrected chi connectivity index (χ2v) is 5.61. The highest BCUT2D eigenvalue weighted by atomic mass is 16.2. The lowest BCUT2D eigenvalue weighted by atomic mass is 9.62. The molecule has 0 aromatic carbocycles. The number of aryl methyl sites for hydroxylation is 1. The van der Waals surface area contributed by atoms with Crippen LogP contribution in [0.2, 0.25) is 0 Å². The molecule has 2 N–H and O–H groups in total. The van der Waals surface area contributed by atoms with Crippen LogP contribution in [0.4, 0.5) is 0 Å². The van der Waals surface area contributed by atoms with E-state index in [-0.39, 0.29) is 11.3 Å². The Morgan fingerprint density at radius 1 is 1.67 bits per heavy atom. The van der Waals surface area contributed by atoms with Crippen LogP contribution in [0.25, 0.3) is 0 Å². The Morgan fingerprint density at radius 2 is 2.33 bits per heavy atom. The Kier molecular flexibility index (Phi) is 3.43. The molecule has 5 heteroatoms. The summed E-state index contributed by atoms with van der Waals surface area (Å²) in [6, 6.07) is 0. The molecule has 100 valence electrons. The Balaban J connectivity index is 2.03. The van der Waals surface area contributed by atoms with E-state index in [9.17, 15) is 4.79 Å². The van der Waals surface area contributed by atoms with E-state index in [2.05, 4.69) is 11.9 Å². The largest absolute Gasteiger partial charge is 0.338 e. The quantitative estimate of drug-likeness (QED) is 0.857. The van der Waals surface area contributed by atoms with E-state index in [4.69, 9.17) is 5.73 Å². The predicted molar refractivity (Wildman–Crippen MR) is 69.6 cm³/mol. The molecule has 1 amide bonds. The molecular formula is C13H22N4O. The third-order valence-electron chi connectivity index (χ3n) is 3.97. The van der Waals surface area contributed by atoms with Gasteiger partial charge in [-0.25, -0.2) is 4.98 Å². The van der Waals surface area contributed by atoms with Gasteiger partial charge in [0.2, 0.25) is 5.91 Å². The molecule has 0 bridgehead atoms. The van der Waals surface area contributed by atoms with Gasteiger partial charge in [0.1, 0.15) is 5.82 Å². The van der Waals surface area contributed by atoms with Crippen LogP contribution in [-0.2, 0) is 18.4 Å². The molecule has 2 rings (SSSR count). The van der Waals surface area contributed by atoms with Gasteiger partial charge in [-0.1, -0.05) is 6.92 Å². The van der Waals surface area contributed by atoms with Gasteiger partial charge in [0.25, 0.3) is 0 Å². The summed E-state index contributed by atoms with van der Waals surface area (Å²) in [5, 5.41) is 0. The number of aromatic nitrogens is 2. The second kappa shape index (κ2) is 4.72. The fourth-order valence-electron chi connectivity index (χ4n) is 2.94. The van der Waals surface area contributed by atoms with Crippen LogP contribution < -0.4 is 5.73 Å². The molecular weight excluding hydrogens is 228 g/mol. The monoisotopic (exact) mass is 250 g/mol. The number of carbonyl (C=O) groups excluding carboxylic acids is 1. The van der Waals surface area contributed by atoms with Crippen molar-refractivity contribution >= 4 is 5.91 Å². The molecule has 0 radical (unpaired) electrons. The average molecular weight is 250 g/mol. The Labute approximate surface area is 108 Å². The van der Waals surface area contributed by atoms with Crippen molar-refractivity contribution in [2.45, 2.75) is 26.3 Å². The van der Waals surface area contributed by atoms with E-state index < -0.39 is 0 Å². The summed E-state index contributed by atoms with van der Waals surface area (Å²) in [6.45, 7) is 3.15. The summed E-state index contributed by atoms with van der Waals surface area (Å²) in [5.41, 5.74) is 5.48. The molecule has 1 fully saturated rings. The molecule has 0 spiro atoms.